The van der Waals surface area contributed by atoms with Crippen molar-refractivity contribution in [2.75, 3.05) is 37.7 Å². The largest absolute Gasteiger partial charge is 0.462 e. The quantitative estimate of drug-likeness (QED) is 0.673. The molecule has 3 heterocycles. The molecule has 1 amide bonds. The number of aromatic amines is 1. The number of esters is 1. The van der Waals surface area contributed by atoms with Gasteiger partial charge in [-0.2, -0.15) is 0 Å². The third-order valence-electron chi connectivity index (χ3n) is 5.71. The molecule has 7 nitrogen and oxygen atoms in total. The number of hydrogen-bond donors (Lipinski definition) is 1. The van der Waals surface area contributed by atoms with Crippen LogP contribution in [-0.2, 0) is 4.74 Å². The second-order valence-electron chi connectivity index (χ2n) is 7.54. The average molecular weight is 406 g/mol. The zero-order valence-electron chi connectivity index (χ0n) is 17.6. The lowest BCUT2D eigenvalue weighted by molar-refractivity contribution is 0.0525. The maximum absolute atomic E-state index is 13.0. The van der Waals surface area contributed by atoms with Crippen LogP contribution in [0.3, 0.4) is 0 Å². The summed E-state index contributed by atoms with van der Waals surface area (Å²) >= 11 is 0. The highest BCUT2D eigenvalue weighted by atomic mass is 16.5. The van der Waals surface area contributed by atoms with Crippen molar-refractivity contribution >= 4 is 28.6 Å². The van der Waals surface area contributed by atoms with E-state index in [1.54, 1.807) is 19.2 Å². The van der Waals surface area contributed by atoms with E-state index in [9.17, 15) is 9.59 Å². The summed E-state index contributed by atoms with van der Waals surface area (Å²) in [4.78, 5) is 36.5. The lowest BCUT2D eigenvalue weighted by Crippen LogP contribution is -2.49. The highest BCUT2D eigenvalue weighted by Gasteiger charge is 2.23. The van der Waals surface area contributed by atoms with Gasteiger partial charge in [0.25, 0.3) is 5.91 Å². The van der Waals surface area contributed by atoms with E-state index in [0.717, 1.165) is 28.0 Å². The number of anilines is 1. The molecule has 7 heteroatoms. The molecule has 0 aliphatic carbocycles. The van der Waals surface area contributed by atoms with E-state index in [1.165, 1.54) is 5.56 Å². The summed E-state index contributed by atoms with van der Waals surface area (Å²) < 4.78 is 4.99. The lowest BCUT2D eigenvalue weighted by atomic mass is 10.1. The zero-order valence-corrected chi connectivity index (χ0v) is 17.6. The lowest BCUT2D eigenvalue weighted by Gasteiger charge is -2.35. The first-order valence-corrected chi connectivity index (χ1v) is 10.2. The molecule has 30 heavy (non-hydrogen) atoms. The van der Waals surface area contributed by atoms with Crippen LogP contribution in [0.1, 0.15) is 38.9 Å². The van der Waals surface area contributed by atoms with Gasteiger partial charge >= 0.3 is 5.97 Å². The van der Waals surface area contributed by atoms with Crippen LogP contribution >= 0.6 is 0 Å². The highest BCUT2D eigenvalue weighted by molar-refractivity contribution is 5.99. The molecular formula is C23H26N4O3. The van der Waals surface area contributed by atoms with E-state index in [1.807, 2.05) is 36.1 Å². The maximum Gasteiger partial charge on any atom is 0.339 e. The summed E-state index contributed by atoms with van der Waals surface area (Å²) in [6.07, 6.45) is 1.54. The van der Waals surface area contributed by atoms with Gasteiger partial charge in [0.05, 0.1) is 12.2 Å². The molecule has 0 spiro atoms. The van der Waals surface area contributed by atoms with Crippen LogP contribution in [-0.4, -0.2) is 59.5 Å². The number of carbonyl (C=O) groups excluding carboxylic acids is 2. The monoisotopic (exact) mass is 406 g/mol. The van der Waals surface area contributed by atoms with Crippen LogP contribution in [0.2, 0.25) is 0 Å². The Bertz CT molecular complexity index is 1080. The smallest absolute Gasteiger partial charge is 0.339 e. The van der Waals surface area contributed by atoms with Gasteiger partial charge in [0, 0.05) is 54.5 Å². The second kappa shape index (κ2) is 8.18. The number of piperazine rings is 1. The van der Waals surface area contributed by atoms with E-state index in [-0.39, 0.29) is 11.9 Å². The number of aromatic nitrogens is 2. The van der Waals surface area contributed by atoms with Crippen LogP contribution in [0, 0.1) is 13.8 Å². The van der Waals surface area contributed by atoms with Crippen molar-refractivity contribution in [2.24, 2.45) is 0 Å². The van der Waals surface area contributed by atoms with Crippen molar-refractivity contribution in [3.05, 3.63) is 58.9 Å². The number of nitrogens with zero attached hydrogens (tertiary/aromatic N) is 3. The van der Waals surface area contributed by atoms with E-state index in [4.69, 9.17) is 4.74 Å². The van der Waals surface area contributed by atoms with Crippen molar-refractivity contribution in [1.29, 1.82) is 0 Å². The topological polar surface area (TPSA) is 78.5 Å². The molecular weight excluding hydrogens is 380 g/mol. The van der Waals surface area contributed by atoms with E-state index < -0.39 is 0 Å². The average Bonchev–Trinajstić information content (AvgIpc) is 3.06. The number of ether oxygens (including phenoxy) is 1. The SMILES string of the molecule is CCOC(=O)c1ccc(N2CCN(C(=O)c3ccc4[nH]c(C)c(C)c4c3)CC2)nc1. The number of amides is 1. The molecule has 0 unspecified atom stereocenters. The van der Waals surface area contributed by atoms with Gasteiger partial charge in [0.15, 0.2) is 0 Å². The molecule has 3 aromatic rings. The maximum atomic E-state index is 13.0. The molecule has 4 rings (SSSR count). The van der Waals surface area contributed by atoms with Gasteiger partial charge in [-0.3, -0.25) is 4.79 Å². The predicted molar refractivity (Wildman–Crippen MR) is 116 cm³/mol. The molecule has 1 aliphatic heterocycles. The summed E-state index contributed by atoms with van der Waals surface area (Å²) in [5.74, 6) is 0.493. The number of carbonyl (C=O) groups is 2. The fourth-order valence-corrected chi connectivity index (χ4v) is 3.82. The Kier molecular flexibility index (Phi) is 5.44. The molecule has 1 saturated heterocycles. The first kappa shape index (κ1) is 19.9. The van der Waals surface area contributed by atoms with Gasteiger partial charge in [-0.15, -0.1) is 0 Å². The van der Waals surface area contributed by atoms with Crippen molar-refractivity contribution in [1.82, 2.24) is 14.9 Å². The highest BCUT2D eigenvalue weighted by Crippen LogP contribution is 2.23. The fraction of sp³-hybridized carbons (Fsp3) is 0.348. The Labute approximate surface area is 175 Å². The number of benzene rings is 1. The summed E-state index contributed by atoms with van der Waals surface area (Å²) in [5, 5.41) is 1.10. The van der Waals surface area contributed by atoms with Gasteiger partial charge in [-0.1, -0.05) is 0 Å². The standard InChI is InChI=1S/C23H26N4O3/c1-4-30-23(29)18-6-8-21(24-14-18)26-9-11-27(12-10-26)22(28)17-5-7-20-19(13-17)15(2)16(3)25-20/h5-8,13-14,25H,4,9-12H2,1-3H3. The number of nitrogens with one attached hydrogen (secondary N) is 1. The number of pyridine rings is 1. The molecule has 0 bridgehead atoms. The molecule has 1 N–H and O–H groups in total. The van der Waals surface area contributed by atoms with Gasteiger partial charge in [-0.25, -0.2) is 9.78 Å². The first-order chi connectivity index (χ1) is 14.5. The van der Waals surface area contributed by atoms with E-state index >= 15 is 0 Å². The predicted octanol–water partition coefficient (Wildman–Crippen LogP) is 3.32. The van der Waals surface area contributed by atoms with Crippen LogP contribution < -0.4 is 4.90 Å². The van der Waals surface area contributed by atoms with Gasteiger partial charge < -0.3 is 19.5 Å². The molecule has 0 radical (unpaired) electrons. The molecule has 1 aromatic carbocycles. The molecule has 1 aliphatic rings. The summed E-state index contributed by atoms with van der Waals surface area (Å²) in [5.41, 5.74) is 4.53. The van der Waals surface area contributed by atoms with Crippen molar-refractivity contribution < 1.29 is 14.3 Å². The number of H-pyrrole nitrogens is 1. The van der Waals surface area contributed by atoms with Gasteiger partial charge in [0.2, 0.25) is 0 Å². The van der Waals surface area contributed by atoms with Crippen LogP contribution in [0.25, 0.3) is 10.9 Å². The molecule has 2 aromatic heterocycles. The minimum atomic E-state index is -0.364. The van der Waals surface area contributed by atoms with E-state index in [2.05, 4.69) is 21.8 Å². The summed E-state index contributed by atoms with van der Waals surface area (Å²) in [6, 6.07) is 9.41. The minimum Gasteiger partial charge on any atom is -0.462 e. The fourth-order valence-electron chi connectivity index (χ4n) is 3.82. The Balaban J connectivity index is 1.41. The Hall–Kier alpha value is -3.35. The van der Waals surface area contributed by atoms with Crippen LogP contribution in [0.4, 0.5) is 5.82 Å². The number of rotatable bonds is 4. The molecule has 1 fully saturated rings. The zero-order chi connectivity index (χ0) is 21.3. The normalized spacial score (nSPS) is 14.2. The minimum absolute atomic E-state index is 0.0559. The number of aryl methyl sites for hydroxylation is 2. The van der Waals surface area contributed by atoms with Crippen LogP contribution in [0.5, 0.6) is 0 Å². The Morgan fingerprint density at radius 2 is 1.80 bits per heavy atom. The number of fused-ring (bicyclic) bond motifs is 1. The van der Waals surface area contributed by atoms with Crippen molar-refractivity contribution in [2.45, 2.75) is 20.8 Å². The van der Waals surface area contributed by atoms with E-state index in [0.29, 0.717) is 38.3 Å². The summed E-state index contributed by atoms with van der Waals surface area (Å²) in [6.45, 7) is 8.88. The first-order valence-electron chi connectivity index (χ1n) is 10.2. The third-order valence-corrected chi connectivity index (χ3v) is 5.71. The molecule has 156 valence electrons. The third kappa shape index (κ3) is 3.75. The van der Waals surface area contributed by atoms with Crippen LogP contribution in [0.15, 0.2) is 36.5 Å². The van der Waals surface area contributed by atoms with Gasteiger partial charge in [0.1, 0.15) is 5.82 Å². The second-order valence-corrected chi connectivity index (χ2v) is 7.54. The Morgan fingerprint density at radius 3 is 2.47 bits per heavy atom. The van der Waals surface area contributed by atoms with Crippen molar-refractivity contribution in [3.8, 4) is 0 Å². The van der Waals surface area contributed by atoms with Crippen molar-refractivity contribution in [3.63, 3.8) is 0 Å². The Morgan fingerprint density at radius 1 is 1.07 bits per heavy atom. The molecule has 0 saturated carbocycles. The van der Waals surface area contributed by atoms with Gasteiger partial charge in [-0.05, 0) is 56.7 Å². The number of hydrogen-bond acceptors (Lipinski definition) is 5. The molecule has 0 atom stereocenters. The summed E-state index contributed by atoms with van der Waals surface area (Å²) in [7, 11) is 0.